The van der Waals surface area contributed by atoms with Gasteiger partial charge in [-0.05, 0) is 42.5 Å². The van der Waals surface area contributed by atoms with Gasteiger partial charge in [0.15, 0.2) is 11.5 Å². The number of nitrogens with zero attached hydrogens (tertiary/aromatic N) is 3. The molecule has 4 N–H and O–H groups in total. The van der Waals surface area contributed by atoms with Crippen LogP contribution in [0, 0.1) is 0 Å². The van der Waals surface area contributed by atoms with Crippen LogP contribution in [-0.2, 0) is 22.5 Å². The lowest BCUT2D eigenvalue weighted by atomic mass is 10.1. The van der Waals surface area contributed by atoms with Gasteiger partial charge in [-0.3, -0.25) is 14.1 Å². The molecular formula is C21H28N6O4S. The van der Waals surface area contributed by atoms with Crippen LogP contribution in [0.1, 0.15) is 31.7 Å². The molecule has 10 nitrogen and oxygen atoms in total. The van der Waals surface area contributed by atoms with Crippen molar-refractivity contribution in [3.8, 4) is 6.01 Å². The van der Waals surface area contributed by atoms with Gasteiger partial charge in [-0.15, -0.1) is 0 Å². The van der Waals surface area contributed by atoms with Crippen LogP contribution in [0.5, 0.6) is 6.01 Å². The first-order valence-electron chi connectivity index (χ1n) is 10.5. The summed E-state index contributed by atoms with van der Waals surface area (Å²) >= 11 is 1.47. The molecule has 172 valence electrons. The van der Waals surface area contributed by atoms with E-state index in [-0.39, 0.29) is 29.9 Å². The number of H-pyrrole nitrogens is 1. The van der Waals surface area contributed by atoms with E-state index in [4.69, 9.17) is 15.2 Å². The Morgan fingerprint density at radius 2 is 2.16 bits per heavy atom. The summed E-state index contributed by atoms with van der Waals surface area (Å²) in [5.41, 5.74) is 7.45. The van der Waals surface area contributed by atoms with Crippen molar-refractivity contribution in [1.82, 2.24) is 24.2 Å². The van der Waals surface area contributed by atoms with E-state index in [1.165, 1.54) is 19.1 Å². The fraction of sp³-hybridized carbons (Fsp3) is 0.429. The molecule has 0 aliphatic carbocycles. The number of aryl methyl sites for hydroxylation is 1. The van der Waals surface area contributed by atoms with Crippen LogP contribution >= 0.6 is 11.9 Å². The van der Waals surface area contributed by atoms with E-state index in [9.17, 15) is 9.59 Å². The number of esters is 1. The number of ether oxygens (including phenoxy) is 2. The lowest BCUT2D eigenvalue weighted by Gasteiger charge is -2.08. The Labute approximate surface area is 190 Å². The molecule has 0 atom stereocenters. The van der Waals surface area contributed by atoms with Gasteiger partial charge in [-0.25, -0.2) is 4.79 Å². The van der Waals surface area contributed by atoms with E-state index in [1.54, 1.807) is 4.57 Å². The first kappa shape index (κ1) is 23.6. The van der Waals surface area contributed by atoms with Gasteiger partial charge in [0, 0.05) is 18.0 Å². The number of hydrogen-bond acceptors (Lipinski definition) is 9. The molecule has 0 saturated carbocycles. The minimum absolute atomic E-state index is 0.178. The number of imidazole rings is 1. The first-order valence-corrected chi connectivity index (χ1v) is 11.3. The normalized spacial score (nSPS) is 11.1. The van der Waals surface area contributed by atoms with Crippen molar-refractivity contribution in [3.05, 3.63) is 40.3 Å². The maximum atomic E-state index is 12.4. The van der Waals surface area contributed by atoms with Crippen LogP contribution in [0.3, 0.4) is 0 Å². The Hall–Kier alpha value is -3.05. The van der Waals surface area contributed by atoms with Crippen LogP contribution < -0.4 is 20.9 Å². The number of nitrogen functional groups attached to an aromatic ring is 1. The van der Waals surface area contributed by atoms with Gasteiger partial charge in [0.25, 0.3) is 0 Å². The topological polar surface area (TPSA) is 137 Å². The van der Waals surface area contributed by atoms with Crippen molar-refractivity contribution in [1.29, 1.82) is 0 Å². The monoisotopic (exact) mass is 460 g/mol. The van der Waals surface area contributed by atoms with E-state index in [2.05, 4.69) is 26.6 Å². The molecule has 3 rings (SSSR count). The minimum Gasteiger partial charge on any atom is -0.469 e. The number of methoxy groups -OCH3 is 1. The Morgan fingerprint density at radius 1 is 1.31 bits per heavy atom. The van der Waals surface area contributed by atoms with Crippen molar-refractivity contribution >= 4 is 34.9 Å². The number of anilines is 1. The summed E-state index contributed by atoms with van der Waals surface area (Å²) in [4.78, 5) is 36.0. The van der Waals surface area contributed by atoms with Gasteiger partial charge in [-0.1, -0.05) is 25.5 Å². The standard InChI is InChI=1S/C21H28N6O4S/c1-3-4-11-31-20-25-18(22)17-19(26-20)27(21(29)24-17)10-6-9-23-32-15-8-5-7-14(12-15)13-16(28)30-2/h5,7-8,12,23H,3-4,6,9-11,13H2,1-2H3,(H,24,29)(H2,22,25,26). The van der Waals surface area contributed by atoms with Gasteiger partial charge >= 0.3 is 17.7 Å². The summed E-state index contributed by atoms with van der Waals surface area (Å²) in [7, 11) is 1.38. The van der Waals surface area contributed by atoms with Crippen LogP contribution in [-0.4, -0.2) is 45.7 Å². The van der Waals surface area contributed by atoms with E-state index in [0.717, 1.165) is 23.3 Å². The zero-order valence-corrected chi connectivity index (χ0v) is 19.0. The van der Waals surface area contributed by atoms with Crippen molar-refractivity contribution in [2.24, 2.45) is 0 Å². The van der Waals surface area contributed by atoms with Gasteiger partial charge in [-0.2, -0.15) is 9.97 Å². The number of nitrogens with two attached hydrogens (primary N) is 1. The third kappa shape index (κ3) is 6.24. The van der Waals surface area contributed by atoms with Gasteiger partial charge in [0.05, 0.1) is 20.1 Å². The summed E-state index contributed by atoms with van der Waals surface area (Å²) in [5.74, 6) is -0.0782. The van der Waals surface area contributed by atoms with E-state index < -0.39 is 0 Å². The molecule has 0 unspecified atom stereocenters. The number of carbonyl (C=O) groups is 1. The Bertz CT molecular complexity index is 1110. The van der Waals surface area contributed by atoms with Gasteiger partial charge in [0.2, 0.25) is 0 Å². The van der Waals surface area contributed by atoms with Crippen molar-refractivity contribution in [2.45, 2.75) is 44.0 Å². The molecule has 0 aliphatic heterocycles. The molecular weight excluding hydrogens is 432 g/mol. The van der Waals surface area contributed by atoms with Gasteiger partial charge in [0.1, 0.15) is 5.52 Å². The average molecular weight is 461 g/mol. The molecule has 1 aromatic carbocycles. The van der Waals surface area contributed by atoms with Gasteiger partial charge < -0.3 is 20.2 Å². The molecule has 0 aliphatic rings. The predicted molar refractivity (Wildman–Crippen MR) is 124 cm³/mol. The molecule has 0 bridgehead atoms. The second kappa shape index (κ2) is 11.5. The fourth-order valence-corrected chi connectivity index (χ4v) is 3.78. The molecule has 0 saturated heterocycles. The molecule has 0 radical (unpaired) electrons. The molecule has 2 aromatic heterocycles. The molecule has 11 heteroatoms. The third-order valence-corrected chi connectivity index (χ3v) is 5.52. The average Bonchev–Trinajstić information content (AvgIpc) is 3.10. The smallest absolute Gasteiger partial charge is 0.327 e. The SMILES string of the molecule is CCCCOc1nc(N)c2[nH]c(=O)n(CCCNSc3cccc(CC(=O)OC)c3)c2n1. The maximum absolute atomic E-state index is 12.4. The maximum Gasteiger partial charge on any atom is 0.327 e. The van der Waals surface area contributed by atoms with Crippen molar-refractivity contribution < 1.29 is 14.3 Å². The van der Waals surface area contributed by atoms with E-state index in [0.29, 0.717) is 37.3 Å². The fourth-order valence-electron chi connectivity index (χ4n) is 3.01. The highest BCUT2D eigenvalue weighted by atomic mass is 32.2. The highest BCUT2D eigenvalue weighted by Gasteiger charge is 2.14. The quantitative estimate of drug-likeness (QED) is 0.211. The number of benzene rings is 1. The van der Waals surface area contributed by atoms with E-state index >= 15 is 0 Å². The molecule has 32 heavy (non-hydrogen) atoms. The molecule has 0 spiro atoms. The summed E-state index contributed by atoms with van der Waals surface area (Å²) in [6.07, 6.45) is 2.81. The number of aromatic nitrogens is 4. The number of unbranched alkanes of at least 4 members (excludes halogenated alkanes) is 1. The number of nitrogens with one attached hydrogen (secondary N) is 2. The second-order valence-corrected chi connectivity index (χ2v) is 8.09. The first-order chi connectivity index (χ1) is 15.5. The summed E-state index contributed by atoms with van der Waals surface area (Å²) in [6.45, 7) is 3.68. The Balaban J connectivity index is 1.56. The zero-order chi connectivity index (χ0) is 22.9. The Kier molecular flexibility index (Phi) is 8.51. The van der Waals surface area contributed by atoms with Crippen LogP contribution in [0.2, 0.25) is 0 Å². The minimum atomic E-state index is -0.283. The summed E-state index contributed by atoms with van der Waals surface area (Å²) in [5, 5.41) is 0. The van der Waals surface area contributed by atoms with Crippen LogP contribution in [0.25, 0.3) is 11.2 Å². The van der Waals surface area contributed by atoms with Crippen LogP contribution in [0.4, 0.5) is 5.82 Å². The number of aromatic amines is 1. The number of fused-ring (bicyclic) bond motifs is 1. The summed E-state index contributed by atoms with van der Waals surface area (Å²) in [6, 6.07) is 7.87. The van der Waals surface area contributed by atoms with Crippen LogP contribution in [0.15, 0.2) is 34.0 Å². The highest BCUT2D eigenvalue weighted by Crippen LogP contribution is 2.19. The lowest BCUT2D eigenvalue weighted by Crippen LogP contribution is -2.19. The molecule has 0 amide bonds. The van der Waals surface area contributed by atoms with E-state index in [1.807, 2.05) is 24.3 Å². The molecule has 3 aromatic rings. The number of hydrogen-bond donors (Lipinski definition) is 3. The predicted octanol–water partition coefficient (Wildman–Crippen LogP) is 2.28. The Morgan fingerprint density at radius 3 is 2.94 bits per heavy atom. The lowest BCUT2D eigenvalue weighted by molar-refractivity contribution is -0.139. The number of carbonyl (C=O) groups excluding carboxylic acids is 1. The van der Waals surface area contributed by atoms with Crippen molar-refractivity contribution in [2.75, 3.05) is 26.0 Å². The third-order valence-electron chi connectivity index (χ3n) is 4.68. The number of rotatable bonds is 12. The molecule has 2 heterocycles. The van der Waals surface area contributed by atoms with Crippen molar-refractivity contribution in [3.63, 3.8) is 0 Å². The second-order valence-electron chi connectivity index (χ2n) is 7.12. The largest absolute Gasteiger partial charge is 0.469 e. The molecule has 0 fully saturated rings. The highest BCUT2D eigenvalue weighted by molar-refractivity contribution is 7.97. The zero-order valence-electron chi connectivity index (χ0n) is 18.2. The summed E-state index contributed by atoms with van der Waals surface area (Å²) < 4.78 is 15.1.